The summed E-state index contributed by atoms with van der Waals surface area (Å²) < 4.78 is 0. The summed E-state index contributed by atoms with van der Waals surface area (Å²) in [5.74, 6) is 0.707. The number of hydrogen-bond donors (Lipinski definition) is 0. The van der Waals surface area contributed by atoms with E-state index in [2.05, 4.69) is 202 Å². The normalized spacial score (nSPS) is 12.7. The first-order chi connectivity index (χ1) is 29.0. The first kappa shape index (κ1) is 34.8. The minimum absolute atomic E-state index is 0.123. The van der Waals surface area contributed by atoms with Crippen molar-refractivity contribution in [3.8, 4) is 78.4 Å². The fraction of sp³-hybridized carbons (Fsp3) is 0.0526. The van der Waals surface area contributed by atoms with Crippen LogP contribution in [-0.2, 0) is 5.41 Å². The van der Waals surface area contributed by atoms with Crippen molar-refractivity contribution in [2.24, 2.45) is 0 Å². The van der Waals surface area contributed by atoms with Gasteiger partial charge in [0.05, 0.1) is 11.4 Å². The highest BCUT2D eigenvalue weighted by Gasteiger charge is 2.37. The van der Waals surface area contributed by atoms with Crippen LogP contribution in [0, 0.1) is 0 Å². The molecule has 0 aliphatic heterocycles. The van der Waals surface area contributed by atoms with Gasteiger partial charge in [-0.15, -0.1) is 0 Å². The van der Waals surface area contributed by atoms with Crippen molar-refractivity contribution in [1.29, 1.82) is 0 Å². The van der Waals surface area contributed by atoms with E-state index in [1.54, 1.807) is 0 Å². The number of nitrogens with zero attached hydrogens (tertiary/aromatic N) is 2. The van der Waals surface area contributed by atoms with Crippen molar-refractivity contribution in [3.63, 3.8) is 0 Å². The molecule has 0 saturated heterocycles. The van der Waals surface area contributed by atoms with Crippen LogP contribution < -0.4 is 0 Å². The fourth-order valence-corrected chi connectivity index (χ4v) is 9.35. The molecule has 0 N–H and O–H groups in total. The van der Waals surface area contributed by atoms with Crippen molar-refractivity contribution in [3.05, 3.63) is 217 Å². The van der Waals surface area contributed by atoms with Gasteiger partial charge in [0.15, 0.2) is 5.82 Å². The molecule has 1 aromatic heterocycles. The van der Waals surface area contributed by atoms with Crippen molar-refractivity contribution >= 4 is 21.5 Å². The average Bonchev–Trinajstić information content (AvgIpc) is 3.53. The minimum atomic E-state index is -0.123. The van der Waals surface area contributed by atoms with Gasteiger partial charge < -0.3 is 0 Å². The standard InChI is InChI=1S/C57H40N2/c1-57(2)52-35-43-20-10-9-19-42(43)34-51(52)50-26-14-25-46(55(50)57)39-29-27-38(28-30-39)45-31-32-49(48-24-12-11-23-47(45)48)54-36-53(58-56(59-54)40-17-7-4-8-18-40)44-22-13-21-41(33-44)37-15-5-3-6-16-37/h3-36H,1-2H3. The van der Waals surface area contributed by atoms with Crippen molar-refractivity contribution in [2.75, 3.05) is 0 Å². The first-order valence-corrected chi connectivity index (χ1v) is 20.4. The molecule has 0 saturated carbocycles. The van der Waals surface area contributed by atoms with Gasteiger partial charge in [0, 0.05) is 22.1 Å². The molecule has 0 fully saturated rings. The Balaban J connectivity index is 0.994. The van der Waals surface area contributed by atoms with Gasteiger partial charge in [-0.25, -0.2) is 9.97 Å². The summed E-state index contributed by atoms with van der Waals surface area (Å²) in [5, 5.41) is 4.92. The third-order valence-corrected chi connectivity index (χ3v) is 12.3. The molecule has 2 heteroatoms. The maximum atomic E-state index is 5.24. The topological polar surface area (TPSA) is 25.8 Å². The Hall–Kier alpha value is -7.42. The second-order valence-corrected chi connectivity index (χ2v) is 16.2. The van der Waals surface area contributed by atoms with Gasteiger partial charge in [-0.3, -0.25) is 0 Å². The quantitative estimate of drug-likeness (QED) is 0.169. The molecule has 9 aromatic carbocycles. The Morgan fingerprint density at radius 2 is 0.864 bits per heavy atom. The molecule has 0 spiro atoms. The molecule has 11 rings (SSSR count). The molecule has 2 nitrogen and oxygen atoms in total. The van der Waals surface area contributed by atoms with E-state index in [0.717, 1.165) is 39.0 Å². The second kappa shape index (κ2) is 13.9. The van der Waals surface area contributed by atoms with E-state index in [1.165, 1.54) is 66.2 Å². The predicted molar refractivity (Wildman–Crippen MR) is 247 cm³/mol. The molecule has 0 unspecified atom stereocenters. The molecular formula is C57H40N2. The highest BCUT2D eigenvalue weighted by Crippen LogP contribution is 2.53. The maximum absolute atomic E-state index is 5.24. The van der Waals surface area contributed by atoms with Gasteiger partial charge >= 0.3 is 0 Å². The van der Waals surface area contributed by atoms with Gasteiger partial charge in [-0.1, -0.05) is 196 Å². The fourth-order valence-electron chi connectivity index (χ4n) is 9.35. The molecule has 59 heavy (non-hydrogen) atoms. The van der Waals surface area contributed by atoms with E-state index < -0.39 is 0 Å². The minimum Gasteiger partial charge on any atom is -0.228 e. The Bertz CT molecular complexity index is 3220. The van der Waals surface area contributed by atoms with Crippen LogP contribution in [0.3, 0.4) is 0 Å². The van der Waals surface area contributed by atoms with Crippen LogP contribution in [-0.4, -0.2) is 9.97 Å². The summed E-state index contributed by atoms with van der Waals surface area (Å²) in [6.07, 6.45) is 0. The largest absolute Gasteiger partial charge is 0.228 e. The monoisotopic (exact) mass is 752 g/mol. The first-order valence-electron chi connectivity index (χ1n) is 20.4. The lowest BCUT2D eigenvalue weighted by atomic mass is 9.78. The summed E-state index contributed by atoms with van der Waals surface area (Å²) in [5.41, 5.74) is 17.5. The lowest BCUT2D eigenvalue weighted by molar-refractivity contribution is 0.663. The van der Waals surface area contributed by atoms with Crippen molar-refractivity contribution in [2.45, 2.75) is 19.3 Å². The van der Waals surface area contributed by atoms with Gasteiger partial charge in [-0.2, -0.15) is 0 Å². The zero-order valence-electron chi connectivity index (χ0n) is 33.0. The molecule has 1 heterocycles. The zero-order chi connectivity index (χ0) is 39.5. The third kappa shape index (κ3) is 5.96. The van der Waals surface area contributed by atoms with Gasteiger partial charge in [0.1, 0.15) is 0 Å². The Morgan fingerprint density at radius 3 is 1.61 bits per heavy atom. The van der Waals surface area contributed by atoms with Gasteiger partial charge in [0.2, 0.25) is 0 Å². The number of hydrogen-bond acceptors (Lipinski definition) is 2. The molecule has 0 amide bonds. The highest BCUT2D eigenvalue weighted by atomic mass is 14.9. The Labute approximate surface area is 345 Å². The third-order valence-electron chi connectivity index (χ3n) is 12.3. The molecule has 278 valence electrons. The molecule has 1 aliphatic carbocycles. The smallest absolute Gasteiger partial charge is 0.160 e. The van der Waals surface area contributed by atoms with E-state index in [1.807, 2.05) is 18.2 Å². The van der Waals surface area contributed by atoms with Crippen LogP contribution in [0.15, 0.2) is 206 Å². The van der Waals surface area contributed by atoms with E-state index in [-0.39, 0.29) is 5.41 Å². The summed E-state index contributed by atoms with van der Waals surface area (Å²) in [7, 11) is 0. The van der Waals surface area contributed by atoms with E-state index in [4.69, 9.17) is 9.97 Å². The maximum Gasteiger partial charge on any atom is 0.160 e. The van der Waals surface area contributed by atoms with Gasteiger partial charge in [-0.05, 0) is 101 Å². The van der Waals surface area contributed by atoms with E-state index in [0.29, 0.717) is 5.82 Å². The summed E-state index contributed by atoms with van der Waals surface area (Å²) in [6, 6.07) is 74.3. The van der Waals surface area contributed by atoms with Crippen LogP contribution in [0.1, 0.15) is 25.0 Å². The lowest BCUT2D eigenvalue weighted by Gasteiger charge is -2.25. The molecule has 10 aromatic rings. The SMILES string of the molecule is CC1(C)c2cc3ccccc3cc2-c2cccc(-c3ccc(-c4ccc(-c5cc(-c6cccc(-c7ccccc7)c6)nc(-c6ccccc6)n5)c5ccccc45)cc3)c21. The Morgan fingerprint density at radius 1 is 0.322 bits per heavy atom. The van der Waals surface area contributed by atoms with Crippen LogP contribution in [0.2, 0.25) is 0 Å². The average molecular weight is 753 g/mol. The van der Waals surface area contributed by atoms with Crippen molar-refractivity contribution in [1.82, 2.24) is 9.97 Å². The molecule has 0 atom stereocenters. The Kier molecular flexibility index (Phi) is 8.20. The van der Waals surface area contributed by atoms with E-state index in [9.17, 15) is 0 Å². The molecule has 0 bridgehead atoms. The van der Waals surface area contributed by atoms with Gasteiger partial charge in [0.25, 0.3) is 0 Å². The van der Waals surface area contributed by atoms with Crippen LogP contribution in [0.4, 0.5) is 0 Å². The highest BCUT2D eigenvalue weighted by molar-refractivity contribution is 6.05. The predicted octanol–water partition coefficient (Wildman–Crippen LogP) is 15.1. The van der Waals surface area contributed by atoms with Crippen LogP contribution in [0.25, 0.3) is 100.0 Å². The molecular weight excluding hydrogens is 713 g/mol. The second-order valence-electron chi connectivity index (χ2n) is 16.2. The van der Waals surface area contributed by atoms with Crippen LogP contribution in [0.5, 0.6) is 0 Å². The molecule has 1 aliphatic rings. The number of aromatic nitrogens is 2. The zero-order valence-corrected chi connectivity index (χ0v) is 33.0. The van der Waals surface area contributed by atoms with Crippen molar-refractivity contribution < 1.29 is 0 Å². The number of benzene rings is 9. The van der Waals surface area contributed by atoms with Crippen LogP contribution >= 0.6 is 0 Å². The lowest BCUT2D eigenvalue weighted by Crippen LogP contribution is -2.16. The summed E-state index contributed by atoms with van der Waals surface area (Å²) in [6.45, 7) is 4.76. The number of fused-ring (bicyclic) bond motifs is 5. The summed E-state index contributed by atoms with van der Waals surface area (Å²) in [4.78, 5) is 10.4. The summed E-state index contributed by atoms with van der Waals surface area (Å²) >= 11 is 0. The van der Waals surface area contributed by atoms with E-state index >= 15 is 0 Å². The molecule has 0 radical (unpaired) electrons. The number of rotatable bonds is 6.